The number of hydrogen-bond donors (Lipinski definition) is 1. The van der Waals surface area contributed by atoms with Crippen molar-refractivity contribution in [2.45, 2.75) is 13.0 Å². The Balaban J connectivity index is 1.30. The number of ether oxygens (including phenoxy) is 2. The van der Waals surface area contributed by atoms with Crippen LogP contribution in [0.15, 0.2) is 45.6 Å². The predicted octanol–water partition coefficient (Wildman–Crippen LogP) is 1.92. The second-order valence-electron chi connectivity index (χ2n) is 8.73. The molecule has 1 aromatic heterocycles. The summed E-state index contributed by atoms with van der Waals surface area (Å²) in [5.74, 6) is -0.0700. The predicted molar refractivity (Wildman–Crippen MR) is 126 cm³/mol. The highest BCUT2D eigenvalue weighted by Gasteiger charge is 2.35. The Hall–Kier alpha value is -3.79. The van der Waals surface area contributed by atoms with Gasteiger partial charge in [-0.05, 0) is 44.4 Å². The van der Waals surface area contributed by atoms with E-state index in [4.69, 9.17) is 13.9 Å². The SMILES string of the molecule is CN(C)CCn1c(=O)oc2ccc(NC(=O)C3CC(=O)N(c4ccc5c(c4)OCCO5)C3)cc21. The first-order valence-electron chi connectivity index (χ1n) is 11.2. The molecule has 0 radical (unpaired) electrons. The molecule has 1 saturated heterocycles. The van der Waals surface area contributed by atoms with Crippen LogP contribution < -0.4 is 25.4 Å². The number of carbonyl (C=O) groups excluding carboxylic acids is 2. The molecule has 0 bridgehead atoms. The standard InChI is InChI=1S/C24H26N4O6/c1-26(2)7-8-27-18-12-16(3-5-19(18)34-24(27)31)25-23(30)15-11-22(29)28(14-15)17-4-6-20-21(13-17)33-10-9-32-20/h3-6,12-13,15H,7-11,14H2,1-2H3,(H,25,30). The summed E-state index contributed by atoms with van der Waals surface area (Å²) in [6.07, 6.45) is 0.113. The molecule has 2 aromatic carbocycles. The van der Waals surface area contributed by atoms with Crippen LogP contribution in [0.1, 0.15) is 6.42 Å². The summed E-state index contributed by atoms with van der Waals surface area (Å²) in [5.41, 5.74) is 2.30. The van der Waals surface area contributed by atoms with E-state index in [0.29, 0.717) is 60.3 Å². The lowest BCUT2D eigenvalue weighted by molar-refractivity contribution is -0.122. The van der Waals surface area contributed by atoms with Gasteiger partial charge in [0.15, 0.2) is 17.1 Å². The zero-order chi connectivity index (χ0) is 23.8. The van der Waals surface area contributed by atoms with Gasteiger partial charge < -0.3 is 29.0 Å². The van der Waals surface area contributed by atoms with Crippen molar-refractivity contribution in [2.24, 2.45) is 5.92 Å². The minimum absolute atomic E-state index is 0.113. The van der Waals surface area contributed by atoms with Crippen LogP contribution in [0.25, 0.3) is 11.1 Å². The van der Waals surface area contributed by atoms with E-state index in [2.05, 4.69) is 5.32 Å². The fraction of sp³-hybridized carbons (Fsp3) is 0.375. The lowest BCUT2D eigenvalue weighted by Crippen LogP contribution is -2.28. The van der Waals surface area contributed by atoms with Gasteiger partial charge >= 0.3 is 5.76 Å². The molecular formula is C24H26N4O6. The summed E-state index contributed by atoms with van der Waals surface area (Å²) in [5, 5.41) is 2.89. The van der Waals surface area contributed by atoms with Crippen molar-refractivity contribution in [1.29, 1.82) is 0 Å². The van der Waals surface area contributed by atoms with Gasteiger partial charge in [0.1, 0.15) is 13.2 Å². The number of carbonyl (C=O) groups is 2. The minimum atomic E-state index is -0.503. The molecule has 0 aliphatic carbocycles. The lowest BCUT2D eigenvalue weighted by atomic mass is 10.1. The Kier molecular flexibility index (Phi) is 5.74. The largest absolute Gasteiger partial charge is 0.486 e. The van der Waals surface area contributed by atoms with Crippen molar-refractivity contribution in [3.63, 3.8) is 0 Å². The van der Waals surface area contributed by atoms with E-state index in [0.717, 1.165) is 0 Å². The average molecular weight is 466 g/mol. The van der Waals surface area contributed by atoms with Gasteiger partial charge in [0.25, 0.3) is 0 Å². The first-order chi connectivity index (χ1) is 16.4. The summed E-state index contributed by atoms with van der Waals surface area (Å²) < 4.78 is 18.0. The molecule has 10 heteroatoms. The van der Waals surface area contributed by atoms with Crippen LogP contribution in [0.5, 0.6) is 11.5 Å². The Labute approximate surface area is 195 Å². The normalized spacial score (nSPS) is 17.6. The van der Waals surface area contributed by atoms with Crippen LogP contribution in [-0.2, 0) is 16.1 Å². The molecule has 1 fully saturated rings. The van der Waals surface area contributed by atoms with Gasteiger partial charge in [-0.25, -0.2) is 4.79 Å². The third kappa shape index (κ3) is 4.24. The molecule has 0 saturated carbocycles. The smallest absolute Gasteiger partial charge is 0.419 e. The highest BCUT2D eigenvalue weighted by Crippen LogP contribution is 2.36. The van der Waals surface area contributed by atoms with Gasteiger partial charge in [0, 0.05) is 43.5 Å². The number of amides is 2. The van der Waals surface area contributed by atoms with Crippen molar-refractivity contribution < 1.29 is 23.5 Å². The fourth-order valence-corrected chi connectivity index (χ4v) is 4.23. The zero-order valence-corrected chi connectivity index (χ0v) is 19.1. The molecule has 1 N–H and O–H groups in total. The van der Waals surface area contributed by atoms with Crippen LogP contribution in [0, 0.1) is 5.92 Å². The zero-order valence-electron chi connectivity index (χ0n) is 19.1. The van der Waals surface area contributed by atoms with E-state index in [1.165, 1.54) is 0 Å². The number of nitrogens with one attached hydrogen (secondary N) is 1. The number of anilines is 2. The lowest BCUT2D eigenvalue weighted by Gasteiger charge is -2.22. The molecule has 178 valence electrons. The molecule has 2 aliphatic heterocycles. The van der Waals surface area contributed by atoms with E-state index in [1.54, 1.807) is 45.9 Å². The molecule has 1 unspecified atom stereocenters. The van der Waals surface area contributed by atoms with Crippen LogP contribution in [0.2, 0.25) is 0 Å². The molecule has 3 heterocycles. The third-order valence-corrected chi connectivity index (χ3v) is 6.04. The summed E-state index contributed by atoms with van der Waals surface area (Å²) >= 11 is 0. The molecule has 2 amide bonds. The van der Waals surface area contributed by atoms with Crippen molar-refractivity contribution in [3.8, 4) is 11.5 Å². The number of fused-ring (bicyclic) bond motifs is 2. The number of aromatic nitrogens is 1. The maximum atomic E-state index is 13.0. The summed E-state index contributed by atoms with van der Waals surface area (Å²) in [6, 6.07) is 10.4. The van der Waals surface area contributed by atoms with Crippen LogP contribution >= 0.6 is 0 Å². The summed E-state index contributed by atoms with van der Waals surface area (Å²) in [7, 11) is 3.85. The molecule has 3 aromatic rings. The van der Waals surface area contributed by atoms with Gasteiger partial charge in [-0.2, -0.15) is 0 Å². The van der Waals surface area contributed by atoms with E-state index >= 15 is 0 Å². The average Bonchev–Trinajstić information content (AvgIpc) is 3.36. The van der Waals surface area contributed by atoms with Crippen molar-refractivity contribution >= 4 is 34.3 Å². The highest BCUT2D eigenvalue weighted by molar-refractivity contribution is 6.04. The minimum Gasteiger partial charge on any atom is -0.486 e. The number of likely N-dealkylation sites (N-methyl/N-ethyl adjacent to an activating group) is 1. The van der Waals surface area contributed by atoms with E-state index < -0.39 is 11.7 Å². The fourth-order valence-electron chi connectivity index (χ4n) is 4.23. The van der Waals surface area contributed by atoms with Crippen LogP contribution in [-0.4, -0.2) is 61.7 Å². The molecule has 10 nitrogen and oxygen atoms in total. The molecule has 5 rings (SSSR count). The van der Waals surface area contributed by atoms with Gasteiger partial charge in [-0.15, -0.1) is 0 Å². The first-order valence-corrected chi connectivity index (χ1v) is 11.2. The van der Waals surface area contributed by atoms with Gasteiger partial charge in [0.2, 0.25) is 11.8 Å². The molecule has 1 atom stereocenters. The van der Waals surface area contributed by atoms with Gasteiger partial charge in [-0.1, -0.05) is 0 Å². The Morgan fingerprint density at radius 1 is 1.09 bits per heavy atom. The molecular weight excluding hydrogens is 440 g/mol. The topological polar surface area (TPSA) is 106 Å². The Bertz CT molecular complexity index is 1310. The van der Waals surface area contributed by atoms with Crippen molar-refractivity contribution in [1.82, 2.24) is 9.47 Å². The molecule has 0 spiro atoms. The quantitative estimate of drug-likeness (QED) is 0.592. The maximum Gasteiger partial charge on any atom is 0.419 e. The van der Waals surface area contributed by atoms with Crippen LogP contribution in [0.3, 0.4) is 0 Å². The van der Waals surface area contributed by atoms with Gasteiger partial charge in [-0.3, -0.25) is 14.2 Å². The maximum absolute atomic E-state index is 13.0. The third-order valence-electron chi connectivity index (χ3n) is 6.04. The Morgan fingerprint density at radius 2 is 1.88 bits per heavy atom. The molecule has 34 heavy (non-hydrogen) atoms. The van der Waals surface area contributed by atoms with Gasteiger partial charge in [0.05, 0.1) is 11.4 Å². The number of oxazole rings is 1. The summed E-state index contributed by atoms with van der Waals surface area (Å²) in [6.45, 7) is 2.36. The molecule has 2 aliphatic rings. The summed E-state index contributed by atoms with van der Waals surface area (Å²) in [4.78, 5) is 41.4. The van der Waals surface area contributed by atoms with E-state index in [1.807, 2.05) is 19.0 Å². The monoisotopic (exact) mass is 466 g/mol. The van der Waals surface area contributed by atoms with E-state index in [9.17, 15) is 14.4 Å². The highest BCUT2D eigenvalue weighted by atomic mass is 16.6. The second kappa shape index (κ2) is 8.86. The number of nitrogens with zero attached hydrogens (tertiary/aromatic N) is 3. The Morgan fingerprint density at radius 3 is 2.68 bits per heavy atom. The van der Waals surface area contributed by atoms with Crippen molar-refractivity contribution in [2.75, 3.05) is 50.6 Å². The van der Waals surface area contributed by atoms with E-state index in [-0.39, 0.29) is 24.8 Å². The second-order valence-corrected chi connectivity index (χ2v) is 8.73. The number of hydrogen-bond acceptors (Lipinski definition) is 7. The number of benzene rings is 2. The number of rotatable bonds is 6. The first kappa shape index (κ1) is 22.0. The van der Waals surface area contributed by atoms with Crippen molar-refractivity contribution in [3.05, 3.63) is 46.9 Å². The van der Waals surface area contributed by atoms with Crippen LogP contribution in [0.4, 0.5) is 11.4 Å².